The van der Waals surface area contributed by atoms with Crippen molar-refractivity contribution < 1.29 is 24.5 Å². The van der Waals surface area contributed by atoms with Crippen LogP contribution in [-0.2, 0) is 4.74 Å². The van der Waals surface area contributed by atoms with Gasteiger partial charge in [0.25, 0.3) is 0 Å². The summed E-state index contributed by atoms with van der Waals surface area (Å²) in [6, 6.07) is 20.2. The smallest absolute Gasteiger partial charge is 0.338 e. The zero-order valence-corrected chi connectivity index (χ0v) is 13.8. The summed E-state index contributed by atoms with van der Waals surface area (Å²) in [5, 5.41) is 18.9. The zero-order chi connectivity index (χ0) is 18.5. The van der Waals surface area contributed by atoms with Gasteiger partial charge in [-0.25, -0.2) is 4.79 Å². The Hall–Kier alpha value is -3.60. The summed E-state index contributed by atoms with van der Waals surface area (Å²) < 4.78 is 5.01. The number of aromatic hydroxyl groups is 2. The van der Waals surface area contributed by atoms with Gasteiger partial charge in [0.2, 0.25) is 5.78 Å². The second kappa shape index (κ2) is 7.53. The monoisotopic (exact) mass is 348 g/mol. The van der Waals surface area contributed by atoms with E-state index in [9.17, 15) is 19.8 Å². The number of benzene rings is 3. The van der Waals surface area contributed by atoms with Crippen LogP contribution in [0.1, 0.15) is 20.7 Å². The maximum Gasteiger partial charge on any atom is 0.338 e. The summed E-state index contributed by atoms with van der Waals surface area (Å²) in [7, 11) is 0. The van der Waals surface area contributed by atoms with Crippen LogP contribution in [0.5, 0.6) is 11.5 Å². The molecule has 0 saturated heterocycles. The van der Waals surface area contributed by atoms with E-state index in [1.807, 2.05) is 30.3 Å². The second-order valence-electron chi connectivity index (χ2n) is 5.64. The number of carbonyl (C=O) groups is 2. The number of phenols is 2. The highest BCUT2D eigenvalue weighted by molar-refractivity contribution is 6.01. The van der Waals surface area contributed by atoms with E-state index in [4.69, 9.17) is 4.74 Å². The molecule has 0 spiro atoms. The third kappa shape index (κ3) is 3.89. The molecule has 5 nitrogen and oxygen atoms in total. The van der Waals surface area contributed by atoms with Gasteiger partial charge in [0, 0.05) is 6.07 Å². The minimum atomic E-state index is -0.628. The van der Waals surface area contributed by atoms with Crippen LogP contribution in [0, 0.1) is 0 Å². The van der Waals surface area contributed by atoms with Crippen molar-refractivity contribution in [2.45, 2.75) is 0 Å². The van der Waals surface area contributed by atoms with Gasteiger partial charge in [-0.15, -0.1) is 0 Å². The van der Waals surface area contributed by atoms with Gasteiger partial charge >= 0.3 is 5.97 Å². The molecular formula is C21H16O5. The maximum absolute atomic E-state index is 12.1. The molecule has 3 aromatic rings. The highest BCUT2D eigenvalue weighted by Gasteiger charge is 2.15. The first-order valence-corrected chi connectivity index (χ1v) is 7.92. The lowest BCUT2D eigenvalue weighted by Gasteiger charge is -2.07. The van der Waals surface area contributed by atoms with Crippen molar-refractivity contribution >= 4 is 11.8 Å². The van der Waals surface area contributed by atoms with Crippen molar-refractivity contribution in [2.24, 2.45) is 0 Å². The van der Waals surface area contributed by atoms with E-state index in [1.54, 1.807) is 24.3 Å². The molecule has 0 atom stereocenters. The van der Waals surface area contributed by atoms with Crippen molar-refractivity contribution in [2.75, 3.05) is 6.61 Å². The van der Waals surface area contributed by atoms with Gasteiger partial charge in [-0.2, -0.15) is 0 Å². The Morgan fingerprint density at radius 3 is 2.12 bits per heavy atom. The molecule has 0 aliphatic carbocycles. The van der Waals surface area contributed by atoms with Gasteiger partial charge in [0.05, 0.1) is 11.1 Å². The normalized spacial score (nSPS) is 10.3. The third-order valence-corrected chi connectivity index (χ3v) is 3.84. The number of rotatable bonds is 5. The molecule has 2 N–H and O–H groups in total. The summed E-state index contributed by atoms with van der Waals surface area (Å²) >= 11 is 0. The second-order valence-corrected chi connectivity index (χ2v) is 5.64. The molecule has 0 aliphatic heterocycles. The first-order chi connectivity index (χ1) is 12.5. The van der Waals surface area contributed by atoms with Gasteiger partial charge < -0.3 is 14.9 Å². The molecular weight excluding hydrogens is 332 g/mol. The molecule has 3 rings (SSSR count). The van der Waals surface area contributed by atoms with Crippen LogP contribution < -0.4 is 0 Å². The predicted molar refractivity (Wildman–Crippen MR) is 96.3 cm³/mol. The van der Waals surface area contributed by atoms with Crippen LogP contribution >= 0.6 is 0 Å². The fourth-order valence-electron chi connectivity index (χ4n) is 2.48. The summed E-state index contributed by atoms with van der Waals surface area (Å²) in [5.41, 5.74) is 2.31. The van der Waals surface area contributed by atoms with Crippen LogP contribution in [-0.4, -0.2) is 28.6 Å². The lowest BCUT2D eigenvalue weighted by atomic mass is 10.0. The highest BCUT2D eigenvalue weighted by Crippen LogP contribution is 2.23. The SMILES string of the molecule is O=C(OCC(=O)c1ccc(O)cc1O)c1ccc(-c2ccccc2)cc1. The molecule has 0 bridgehead atoms. The molecule has 0 radical (unpaired) electrons. The Labute approximate surface area is 150 Å². The topological polar surface area (TPSA) is 83.8 Å². The number of carbonyl (C=O) groups excluding carboxylic acids is 2. The van der Waals surface area contributed by atoms with Gasteiger partial charge in [-0.3, -0.25) is 4.79 Å². The van der Waals surface area contributed by atoms with Crippen molar-refractivity contribution in [3.63, 3.8) is 0 Å². The number of esters is 1. The van der Waals surface area contributed by atoms with Crippen molar-refractivity contribution in [1.82, 2.24) is 0 Å². The number of Topliss-reactive ketones (excluding diaryl/α,β-unsaturated/α-hetero) is 1. The van der Waals surface area contributed by atoms with E-state index in [0.29, 0.717) is 5.56 Å². The predicted octanol–water partition coefficient (Wildman–Crippen LogP) is 3.80. The minimum Gasteiger partial charge on any atom is -0.508 e. The summed E-state index contributed by atoms with van der Waals surface area (Å²) in [4.78, 5) is 24.1. The quantitative estimate of drug-likeness (QED) is 0.541. The van der Waals surface area contributed by atoms with Crippen LogP contribution in [0.2, 0.25) is 0 Å². The summed E-state index contributed by atoms with van der Waals surface area (Å²) in [6.07, 6.45) is 0. The van der Waals surface area contributed by atoms with E-state index < -0.39 is 18.4 Å². The molecule has 130 valence electrons. The third-order valence-electron chi connectivity index (χ3n) is 3.84. The Morgan fingerprint density at radius 2 is 1.46 bits per heavy atom. The lowest BCUT2D eigenvalue weighted by molar-refractivity contribution is 0.0474. The first kappa shape index (κ1) is 17.2. The van der Waals surface area contributed by atoms with Crippen molar-refractivity contribution in [1.29, 1.82) is 0 Å². The molecule has 0 saturated carbocycles. The average molecular weight is 348 g/mol. The van der Waals surface area contributed by atoms with Gasteiger partial charge in [-0.1, -0.05) is 42.5 Å². The van der Waals surface area contributed by atoms with Crippen LogP contribution in [0.15, 0.2) is 72.8 Å². The van der Waals surface area contributed by atoms with E-state index in [0.717, 1.165) is 17.2 Å². The summed E-state index contributed by atoms with van der Waals surface area (Å²) in [6.45, 7) is -0.502. The fraction of sp³-hybridized carbons (Fsp3) is 0.0476. The molecule has 0 amide bonds. The molecule has 0 aromatic heterocycles. The average Bonchev–Trinajstić information content (AvgIpc) is 2.66. The largest absolute Gasteiger partial charge is 0.508 e. The molecule has 0 unspecified atom stereocenters. The van der Waals surface area contributed by atoms with Gasteiger partial charge in [0.1, 0.15) is 11.5 Å². The van der Waals surface area contributed by atoms with Crippen LogP contribution in [0.3, 0.4) is 0 Å². The highest BCUT2D eigenvalue weighted by atomic mass is 16.5. The maximum atomic E-state index is 12.1. The van der Waals surface area contributed by atoms with E-state index in [1.165, 1.54) is 12.1 Å². The number of phenolic OH excluding ortho intramolecular Hbond substituents is 2. The number of ether oxygens (including phenoxy) is 1. The standard InChI is InChI=1S/C21H16O5/c22-17-10-11-18(19(23)12-17)20(24)13-26-21(25)16-8-6-15(7-9-16)14-4-2-1-3-5-14/h1-12,22-23H,13H2. The van der Waals surface area contributed by atoms with Gasteiger partial charge in [0.15, 0.2) is 6.61 Å². The van der Waals surface area contributed by atoms with Crippen LogP contribution in [0.4, 0.5) is 0 Å². The molecule has 0 heterocycles. The number of hydrogen-bond acceptors (Lipinski definition) is 5. The van der Waals surface area contributed by atoms with E-state index >= 15 is 0 Å². The van der Waals surface area contributed by atoms with Crippen molar-refractivity contribution in [3.05, 3.63) is 83.9 Å². The Bertz CT molecular complexity index is 930. The molecule has 0 aliphatic rings. The number of ketones is 1. The Morgan fingerprint density at radius 1 is 0.808 bits per heavy atom. The summed E-state index contributed by atoms with van der Waals surface area (Å²) in [5.74, 6) is -1.71. The first-order valence-electron chi connectivity index (χ1n) is 7.92. The van der Waals surface area contributed by atoms with Crippen molar-refractivity contribution in [3.8, 4) is 22.6 Å². The minimum absolute atomic E-state index is 0.0185. The van der Waals surface area contributed by atoms with E-state index in [2.05, 4.69) is 0 Å². The van der Waals surface area contributed by atoms with Gasteiger partial charge in [-0.05, 0) is 35.4 Å². The molecule has 0 fully saturated rings. The number of hydrogen-bond donors (Lipinski definition) is 2. The molecule has 5 heteroatoms. The zero-order valence-electron chi connectivity index (χ0n) is 13.8. The fourth-order valence-corrected chi connectivity index (χ4v) is 2.48. The van der Waals surface area contributed by atoms with Crippen LogP contribution in [0.25, 0.3) is 11.1 Å². The lowest BCUT2D eigenvalue weighted by Crippen LogP contribution is -2.14. The Balaban J connectivity index is 1.64. The molecule has 3 aromatic carbocycles. The Kier molecular flexibility index (Phi) is 4.99. The van der Waals surface area contributed by atoms with E-state index in [-0.39, 0.29) is 17.1 Å². The molecule has 26 heavy (non-hydrogen) atoms.